The summed E-state index contributed by atoms with van der Waals surface area (Å²) in [5, 5.41) is 4.39. The van der Waals surface area contributed by atoms with E-state index in [2.05, 4.69) is 28.3 Å². The van der Waals surface area contributed by atoms with Crippen LogP contribution >= 0.6 is 11.3 Å². The molecule has 5 heteroatoms. The largest absolute Gasteiger partial charge is 0.365 e. The van der Waals surface area contributed by atoms with Gasteiger partial charge in [-0.05, 0) is 37.1 Å². The highest BCUT2D eigenvalue weighted by Crippen LogP contribution is 2.29. The van der Waals surface area contributed by atoms with Crippen LogP contribution in [0.25, 0.3) is 10.2 Å². The molecule has 0 saturated carbocycles. The highest BCUT2D eigenvalue weighted by atomic mass is 32.1. The average molecular weight is 301 g/mol. The molecule has 0 atom stereocenters. The molecule has 108 valence electrons. The van der Waals surface area contributed by atoms with Gasteiger partial charge in [0.15, 0.2) is 0 Å². The van der Waals surface area contributed by atoms with Gasteiger partial charge in [-0.3, -0.25) is 0 Å². The Balaban J connectivity index is 1.88. The maximum atomic E-state index is 12.9. The Morgan fingerprint density at radius 1 is 1.19 bits per heavy atom. The van der Waals surface area contributed by atoms with Crippen LogP contribution in [-0.2, 0) is 13.0 Å². The van der Waals surface area contributed by atoms with Gasteiger partial charge in [-0.2, -0.15) is 0 Å². The van der Waals surface area contributed by atoms with Crippen LogP contribution in [0.5, 0.6) is 0 Å². The second-order valence-electron chi connectivity index (χ2n) is 4.88. The lowest BCUT2D eigenvalue weighted by Crippen LogP contribution is -2.03. The standard InChI is InChI=1S/C16H16FN3S/c1-3-13-8-14-15(19-10(2)20-16(14)21-13)18-9-11-4-6-12(17)7-5-11/h4-8H,3,9H2,1-2H3,(H,18,19,20). The van der Waals surface area contributed by atoms with Crippen LogP contribution in [0.2, 0.25) is 0 Å². The summed E-state index contributed by atoms with van der Waals surface area (Å²) in [4.78, 5) is 11.3. The topological polar surface area (TPSA) is 37.8 Å². The lowest BCUT2D eigenvalue weighted by atomic mass is 10.2. The van der Waals surface area contributed by atoms with Crippen LogP contribution in [0, 0.1) is 12.7 Å². The number of nitrogens with one attached hydrogen (secondary N) is 1. The second-order valence-corrected chi connectivity index (χ2v) is 6.00. The number of hydrogen-bond donors (Lipinski definition) is 1. The first kappa shape index (κ1) is 13.9. The fraction of sp³-hybridized carbons (Fsp3) is 0.250. The summed E-state index contributed by atoms with van der Waals surface area (Å²) in [6, 6.07) is 8.64. The molecule has 0 aliphatic heterocycles. The molecule has 0 fully saturated rings. The minimum absolute atomic E-state index is 0.218. The van der Waals surface area contributed by atoms with E-state index in [1.54, 1.807) is 23.5 Å². The number of thiophene rings is 1. The van der Waals surface area contributed by atoms with E-state index in [1.165, 1.54) is 17.0 Å². The third-order valence-electron chi connectivity index (χ3n) is 3.28. The minimum atomic E-state index is -0.218. The molecule has 0 bridgehead atoms. The Kier molecular flexibility index (Phi) is 3.84. The maximum Gasteiger partial charge on any atom is 0.138 e. The van der Waals surface area contributed by atoms with E-state index in [9.17, 15) is 4.39 Å². The van der Waals surface area contributed by atoms with Gasteiger partial charge < -0.3 is 5.32 Å². The van der Waals surface area contributed by atoms with Gasteiger partial charge in [0.25, 0.3) is 0 Å². The molecule has 1 aromatic carbocycles. The van der Waals surface area contributed by atoms with E-state index in [4.69, 9.17) is 0 Å². The summed E-state index contributed by atoms with van der Waals surface area (Å²) < 4.78 is 12.9. The number of benzene rings is 1. The van der Waals surface area contributed by atoms with Crippen LogP contribution in [0.4, 0.5) is 10.2 Å². The first-order valence-electron chi connectivity index (χ1n) is 6.91. The summed E-state index contributed by atoms with van der Waals surface area (Å²) in [6.45, 7) is 4.65. The molecule has 0 unspecified atom stereocenters. The van der Waals surface area contributed by atoms with Gasteiger partial charge in [0.2, 0.25) is 0 Å². The van der Waals surface area contributed by atoms with Crippen molar-refractivity contribution in [1.29, 1.82) is 0 Å². The third-order valence-corrected chi connectivity index (χ3v) is 4.45. The Morgan fingerprint density at radius 3 is 2.67 bits per heavy atom. The summed E-state index contributed by atoms with van der Waals surface area (Å²) in [7, 11) is 0. The van der Waals surface area contributed by atoms with Crippen molar-refractivity contribution < 1.29 is 4.39 Å². The molecular weight excluding hydrogens is 285 g/mol. The zero-order valence-electron chi connectivity index (χ0n) is 12.0. The molecule has 0 amide bonds. The minimum Gasteiger partial charge on any atom is -0.365 e. The molecule has 2 heterocycles. The summed E-state index contributed by atoms with van der Waals surface area (Å²) in [5.74, 6) is 1.39. The summed E-state index contributed by atoms with van der Waals surface area (Å²) in [6.07, 6.45) is 0.997. The number of hydrogen-bond acceptors (Lipinski definition) is 4. The third kappa shape index (κ3) is 3.03. The van der Waals surface area contributed by atoms with Gasteiger partial charge in [-0.1, -0.05) is 19.1 Å². The molecule has 0 aliphatic rings. The van der Waals surface area contributed by atoms with Gasteiger partial charge in [-0.25, -0.2) is 14.4 Å². The molecule has 3 rings (SSSR count). The number of halogens is 1. The van der Waals surface area contributed by atoms with Crippen LogP contribution in [0.3, 0.4) is 0 Å². The van der Waals surface area contributed by atoms with Crippen molar-refractivity contribution in [2.24, 2.45) is 0 Å². The first-order chi connectivity index (χ1) is 10.2. The molecule has 0 radical (unpaired) electrons. The Morgan fingerprint density at radius 2 is 1.95 bits per heavy atom. The lowest BCUT2D eigenvalue weighted by Gasteiger charge is -2.07. The van der Waals surface area contributed by atoms with E-state index in [0.29, 0.717) is 6.54 Å². The monoisotopic (exact) mass is 301 g/mol. The van der Waals surface area contributed by atoms with Gasteiger partial charge in [0.05, 0.1) is 5.39 Å². The van der Waals surface area contributed by atoms with Crippen LogP contribution < -0.4 is 5.32 Å². The molecule has 0 spiro atoms. The quantitative estimate of drug-likeness (QED) is 0.780. The highest BCUT2D eigenvalue weighted by molar-refractivity contribution is 7.18. The number of nitrogens with zero attached hydrogens (tertiary/aromatic N) is 2. The molecule has 3 nitrogen and oxygen atoms in total. The fourth-order valence-corrected chi connectivity index (χ4v) is 3.19. The number of rotatable bonds is 4. The predicted molar refractivity (Wildman–Crippen MR) is 85.3 cm³/mol. The van der Waals surface area contributed by atoms with Crippen molar-refractivity contribution in [3.05, 3.63) is 52.4 Å². The van der Waals surface area contributed by atoms with Crippen molar-refractivity contribution in [1.82, 2.24) is 9.97 Å². The molecule has 3 aromatic rings. The normalized spacial score (nSPS) is 11.0. The Hall–Kier alpha value is -2.01. The van der Waals surface area contributed by atoms with Crippen molar-refractivity contribution in [3.63, 3.8) is 0 Å². The molecule has 21 heavy (non-hydrogen) atoms. The van der Waals surface area contributed by atoms with Crippen LogP contribution in [-0.4, -0.2) is 9.97 Å². The second kappa shape index (κ2) is 5.77. The van der Waals surface area contributed by atoms with E-state index >= 15 is 0 Å². The van der Waals surface area contributed by atoms with Gasteiger partial charge >= 0.3 is 0 Å². The van der Waals surface area contributed by atoms with Gasteiger partial charge in [0, 0.05) is 11.4 Å². The fourth-order valence-electron chi connectivity index (χ4n) is 2.18. The van der Waals surface area contributed by atoms with Crippen molar-refractivity contribution in [2.75, 3.05) is 5.32 Å². The number of fused-ring (bicyclic) bond motifs is 1. The van der Waals surface area contributed by atoms with E-state index < -0.39 is 0 Å². The van der Waals surface area contributed by atoms with Crippen molar-refractivity contribution >= 4 is 27.4 Å². The molecule has 1 N–H and O–H groups in total. The Labute approximate surface area is 126 Å². The zero-order valence-corrected chi connectivity index (χ0v) is 12.8. The van der Waals surface area contributed by atoms with E-state index in [0.717, 1.165) is 33.8 Å². The smallest absolute Gasteiger partial charge is 0.138 e. The highest BCUT2D eigenvalue weighted by Gasteiger charge is 2.09. The predicted octanol–water partition coefficient (Wildman–Crippen LogP) is 4.31. The van der Waals surface area contributed by atoms with E-state index in [1.807, 2.05) is 6.92 Å². The number of anilines is 1. The Bertz CT molecular complexity index is 765. The molecule has 0 aliphatic carbocycles. The average Bonchev–Trinajstić information content (AvgIpc) is 2.89. The zero-order chi connectivity index (χ0) is 14.8. The van der Waals surface area contributed by atoms with Crippen molar-refractivity contribution in [3.8, 4) is 0 Å². The van der Waals surface area contributed by atoms with Gasteiger partial charge in [-0.15, -0.1) is 11.3 Å². The van der Waals surface area contributed by atoms with E-state index in [-0.39, 0.29) is 5.82 Å². The van der Waals surface area contributed by atoms with Gasteiger partial charge in [0.1, 0.15) is 22.3 Å². The number of aromatic nitrogens is 2. The van der Waals surface area contributed by atoms with Crippen LogP contribution in [0.15, 0.2) is 30.3 Å². The first-order valence-corrected chi connectivity index (χ1v) is 7.72. The maximum absolute atomic E-state index is 12.9. The SMILES string of the molecule is CCc1cc2c(NCc3ccc(F)cc3)nc(C)nc2s1. The summed E-state index contributed by atoms with van der Waals surface area (Å²) >= 11 is 1.71. The molecular formula is C16H16FN3S. The summed E-state index contributed by atoms with van der Waals surface area (Å²) in [5.41, 5.74) is 1.02. The number of aryl methyl sites for hydroxylation is 2. The van der Waals surface area contributed by atoms with Crippen molar-refractivity contribution in [2.45, 2.75) is 26.8 Å². The lowest BCUT2D eigenvalue weighted by molar-refractivity contribution is 0.627. The molecule has 0 saturated heterocycles. The van der Waals surface area contributed by atoms with Crippen LogP contribution in [0.1, 0.15) is 23.2 Å². The molecule has 2 aromatic heterocycles.